The zero-order valence-corrected chi connectivity index (χ0v) is 21.2. The molecule has 6 atom stereocenters. The maximum atomic E-state index is 14.1. The lowest BCUT2D eigenvalue weighted by Crippen LogP contribution is -2.47. The fourth-order valence-electron chi connectivity index (χ4n) is 5.71. The van der Waals surface area contributed by atoms with E-state index < -0.39 is 35.7 Å². The summed E-state index contributed by atoms with van der Waals surface area (Å²) in [6.07, 6.45) is 5.51. The number of aliphatic hydroxyl groups is 1. The molecule has 36 heavy (non-hydrogen) atoms. The van der Waals surface area contributed by atoms with Gasteiger partial charge in [0.25, 0.3) is 0 Å². The van der Waals surface area contributed by atoms with Gasteiger partial charge in [-0.15, -0.1) is 0 Å². The number of allylic oxidation sites excluding steroid dienone is 1. The Bertz CT molecular complexity index is 1140. The summed E-state index contributed by atoms with van der Waals surface area (Å²) in [5, 5.41) is 16.4. The van der Waals surface area contributed by atoms with Crippen LogP contribution in [0.15, 0.2) is 66.7 Å². The molecule has 1 saturated heterocycles. The van der Waals surface area contributed by atoms with Gasteiger partial charge in [-0.3, -0.25) is 14.4 Å². The molecular weight excluding hydrogens is 478 g/mol. The van der Waals surface area contributed by atoms with Crippen LogP contribution in [0.25, 0.3) is 0 Å². The van der Waals surface area contributed by atoms with Crippen LogP contribution < -0.4 is 10.6 Å². The van der Waals surface area contributed by atoms with Crippen molar-refractivity contribution in [3.8, 4) is 0 Å². The first kappa shape index (κ1) is 25.9. The van der Waals surface area contributed by atoms with E-state index in [0.717, 1.165) is 12.8 Å². The molecule has 0 aromatic heterocycles. The summed E-state index contributed by atoms with van der Waals surface area (Å²) in [4.78, 5) is 42.5. The smallest absolute Gasteiger partial charge is 0.247 e. The van der Waals surface area contributed by atoms with Crippen LogP contribution in [0.3, 0.4) is 0 Å². The Morgan fingerprint density at radius 2 is 1.75 bits per heavy atom. The highest BCUT2D eigenvalue weighted by Crippen LogP contribution is 2.48. The van der Waals surface area contributed by atoms with Crippen LogP contribution in [0.2, 0.25) is 5.02 Å². The Kier molecular flexibility index (Phi) is 8.11. The minimum absolute atomic E-state index is 0.114. The van der Waals surface area contributed by atoms with Crippen molar-refractivity contribution in [3.63, 3.8) is 0 Å². The SMILES string of the molecule is CCC[C@@H]1C=C[C@H]2[C@H](C(=O)N([C@H](CO)c3ccccc3)[C@@H]2C(=O)Nc2ccccc2Cl)[C@@H]1C(=O)NC. The van der Waals surface area contributed by atoms with Gasteiger partial charge in [-0.05, 0) is 30.0 Å². The largest absolute Gasteiger partial charge is 0.394 e. The molecule has 1 aliphatic carbocycles. The van der Waals surface area contributed by atoms with Crippen LogP contribution in [0.5, 0.6) is 0 Å². The maximum Gasteiger partial charge on any atom is 0.247 e. The predicted octanol–water partition coefficient (Wildman–Crippen LogP) is 3.80. The lowest BCUT2D eigenvalue weighted by atomic mass is 9.68. The van der Waals surface area contributed by atoms with Crippen molar-refractivity contribution in [1.29, 1.82) is 0 Å². The maximum absolute atomic E-state index is 14.1. The number of nitrogens with zero attached hydrogens (tertiary/aromatic N) is 1. The molecule has 2 aromatic carbocycles. The average Bonchev–Trinajstić information content (AvgIpc) is 3.18. The van der Waals surface area contributed by atoms with Crippen molar-refractivity contribution in [3.05, 3.63) is 77.3 Å². The number of para-hydroxylation sites is 1. The zero-order chi connectivity index (χ0) is 25.8. The van der Waals surface area contributed by atoms with Crippen molar-refractivity contribution in [2.75, 3.05) is 19.0 Å². The van der Waals surface area contributed by atoms with E-state index in [1.165, 1.54) is 4.90 Å². The summed E-state index contributed by atoms with van der Waals surface area (Å²) in [5.74, 6) is -2.90. The Balaban J connectivity index is 1.80. The van der Waals surface area contributed by atoms with Gasteiger partial charge in [-0.25, -0.2) is 0 Å². The molecule has 2 aliphatic rings. The predicted molar refractivity (Wildman–Crippen MR) is 139 cm³/mol. The van der Waals surface area contributed by atoms with Crippen molar-refractivity contribution < 1.29 is 19.5 Å². The fourth-order valence-corrected chi connectivity index (χ4v) is 5.89. The van der Waals surface area contributed by atoms with Crippen LogP contribution in [0.4, 0.5) is 5.69 Å². The number of aliphatic hydroxyl groups excluding tert-OH is 1. The van der Waals surface area contributed by atoms with Gasteiger partial charge in [0.05, 0.1) is 35.2 Å². The summed E-state index contributed by atoms with van der Waals surface area (Å²) >= 11 is 6.30. The third-order valence-electron chi connectivity index (χ3n) is 7.31. The highest BCUT2D eigenvalue weighted by atomic mass is 35.5. The van der Waals surface area contributed by atoms with Gasteiger partial charge in [0, 0.05) is 13.0 Å². The van der Waals surface area contributed by atoms with E-state index in [2.05, 4.69) is 10.6 Å². The van der Waals surface area contributed by atoms with E-state index in [9.17, 15) is 19.5 Å². The van der Waals surface area contributed by atoms with Gasteiger partial charge < -0.3 is 20.6 Å². The fraction of sp³-hybridized carbons (Fsp3) is 0.393. The molecule has 7 nitrogen and oxygen atoms in total. The van der Waals surface area contributed by atoms with Gasteiger partial charge in [-0.2, -0.15) is 0 Å². The van der Waals surface area contributed by atoms with E-state index in [-0.39, 0.29) is 24.3 Å². The number of carbonyl (C=O) groups is 3. The van der Waals surface area contributed by atoms with Crippen LogP contribution in [-0.4, -0.2) is 47.4 Å². The first-order valence-corrected chi connectivity index (χ1v) is 12.7. The summed E-state index contributed by atoms with van der Waals surface area (Å²) in [6, 6.07) is 14.4. The minimum Gasteiger partial charge on any atom is -0.394 e. The first-order valence-electron chi connectivity index (χ1n) is 12.4. The van der Waals surface area contributed by atoms with Crippen LogP contribution in [-0.2, 0) is 14.4 Å². The first-order chi connectivity index (χ1) is 17.4. The Hall–Kier alpha value is -3.16. The minimum atomic E-state index is -0.929. The number of rotatable bonds is 8. The number of nitrogens with one attached hydrogen (secondary N) is 2. The van der Waals surface area contributed by atoms with Crippen molar-refractivity contribution in [2.45, 2.75) is 31.8 Å². The van der Waals surface area contributed by atoms with Crippen molar-refractivity contribution >= 4 is 35.0 Å². The van der Waals surface area contributed by atoms with Gasteiger partial charge in [0.1, 0.15) is 6.04 Å². The number of amides is 3. The quantitative estimate of drug-likeness (QED) is 0.471. The van der Waals surface area contributed by atoms with Crippen molar-refractivity contribution in [2.24, 2.45) is 23.7 Å². The number of benzene rings is 2. The third-order valence-corrected chi connectivity index (χ3v) is 7.64. The van der Waals surface area contributed by atoms with Gasteiger partial charge >= 0.3 is 0 Å². The number of fused-ring (bicyclic) bond motifs is 1. The number of hydrogen-bond acceptors (Lipinski definition) is 4. The molecule has 2 aromatic rings. The van der Waals surface area contributed by atoms with Gasteiger partial charge in [0.2, 0.25) is 17.7 Å². The normalized spacial score (nSPS) is 25.8. The second kappa shape index (κ2) is 11.3. The summed E-state index contributed by atoms with van der Waals surface area (Å²) < 4.78 is 0. The number of halogens is 1. The molecule has 1 aliphatic heterocycles. The lowest BCUT2D eigenvalue weighted by Gasteiger charge is -2.34. The molecule has 0 bridgehead atoms. The zero-order valence-electron chi connectivity index (χ0n) is 20.4. The lowest BCUT2D eigenvalue weighted by molar-refractivity contribution is -0.143. The molecular formula is C28H32ClN3O4. The van der Waals surface area contributed by atoms with Crippen LogP contribution in [0, 0.1) is 23.7 Å². The number of anilines is 1. The molecule has 3 amide bonds. The second-order valence-corrected chi connectivity index (χ2v) is 9.76. The van der Waals surface area contributed by atoms with E-state index >= 15 is 0 Å². The highest BCUT2D eigenvalue weighted by molar-refractivity contribution is 6.33. The monoisotopic (exact) mass is 509 g/mol. The Morgan fingerprint density at radius 1 is 1.06 bits per heavy atom. The van der Waals surface area contributed by atoms with Crippen molar-refractivity contribution in [1.82, 2.24) is 10.2 Å². The van der Waals surface area contributed by atoms with Gasteiger partial charge in [-0.1, -0.05) is 79.6 Å². The average molecular weight is 510 g/mol. The van der Waals surface area contributed by atoms with E-state index in [4.69, 9.17) is 11.6 Å². The van der Waals surface area contributed by atoms with E-state index in [1.54, 1.807) is 31.3 Å². The molecule has 0 spiro atoms. The molecule has 3 N–H and O–H groups in total. The standard InChI is InChI=1S/C28H32ClN3O4/c1-3-9-18-14-15-19-24(23(18)26(34)30-2)28(36)32(22(16-33)17-10-5-4-6-11-17)25(19)27(35)31-21-13-8-7-12-20(21)29/h4-8,10-15,18-19,22-25,33H,3,9,16H2,1-2H3,(H,30,34)(H,31,35)/t18-,19+,22-,23-,24+,25+/m1/s1. The molecule has 0 unspecified atom stereocenters. The summed E-state index contributed by atoms with van der Waals surface area (Å²) in [7, 11) is 1.57. The molecule has 190 valence electrons. The Morgan fingerprint density at radius 3 is 2.39 bits per heavy atom. The van der Waals surface area contributed by atoms with E-state index in [1.807, 2.05) is 49.4 Å². The molecule has 4 rings (SSSR count). The molecule has 0 radical (unpaired) electrons. The third kappa shape index (κ3) is 4.77. The number of likely N-dealkylation sites (tertiary alicyclic amines) is 1. The highest BCUT2D eigenvalue weighted by Gasteiger charge is 2.58. The number of hydrogen-bond donors (Lipinski definition) is 3. The molecule has 8 heteroatoms. The molecule has 1 heterocycles. The second-order valence-electron chi connectivity index (χ2n) is 9.35. The van der Waals surface area contributed by atoms with Crippen LogP contribution >= 0.6 is 11.6 Å². The summed E-state index contributed by atoms with van der Waals surface area (Å²) in [6.45, 7) is 1.68. The molecule has 1 fully saturated rings. The topological polar surface area (TPSA) is 98.7 Å². The van der Waals surface area contributed by atoms with Gasteiger partial charge in [0.15, 0.2) is 0 Å². The summed E-state index contributed by atoms with van der Waals surface area (Å²) in [5.41, 5.74) is 1.15. The van der Waals surface area contributed by atoms with Crippen LogP contribution in [0.1, 0.15) is 31.4 Å². The molecule has 0 saturated carbocycles. The van der Waals surface area contributed by atoms with E-state index in [0.29, 0.717) is 16.3 Å². The Labute approximate surface area is 216 Å². The number of carbonyl (C=O) groups excluding carboxylic acids is 3.